The van der Waals surface area contributed by atoms with Gasteiger partial charge >= 0.3 is 0 Å². The van der Waals surface area contributed by atoms with Gasteiger partial charge in [-0.2, -0.15) is 0 Å². The minimum absolute atomic E-state index is 0.0284. The third-order valence-electron chi connectivity index (χ3n) is 3.68. The van der Waals surface area contributed by atoms with E-state index in [1.165, 1.54) is 6.42 Å². The molecule has 1 saturated carbocycles. The molecule has 0 aromatic heterocycles. The number of amides is 1. The fraction of sp³-hybridized carbons (Fsp3) is 0.562. The first kappa shape index (κ1) is 15.2. The summed E-state index contributed by atoms with van der Waals surface area (Å²) in [6.07, 6.45) is 5.40. The number of ether oxygens (including phenoxy) is 1. The van der Waals surface area contributed by atoms with E-state index in [9.17, 15) is 4.79 Å². The minimum Gasteiger partial charge on any atom is -0.493 e. The third kappa shape index (κ3) is 3.89. The predicted molar refractivity (Wildman–Crippen MR) is 81.6 cm³/mol. The number of hydrogen-bond acceptors (Lipinski definition) is 2. The van der Waals surface area contributed by atoms with Crippen LogP contribution in [0.4, 0.5) is 0 Å². The smallest absolute Gasteiger partial charge is 0.255 e. The summed E-state index contributed by atoms with van der Waals surface area (Å²) in [5.41, 5.74) is 0.586. The van der Waals surface area contributed by atoms with Crippen LogP contribution >= 0.6 is 11.6 Å². The highest BCUT2D eigenvalue weighted by Gasteiger charge is 2.24. The lowest BCUT2D eigenvalue weighted by atomic mass is 10.1. The first-order chi connectivity index (χ1) is 9.72. The Kier molecular flexibility index (Phi) is 5.72. The molecule has 2 unspecified atom stereocenters. The van der Waals surface area contributed by atoms with Gasteiger partial charge in [-0.15, -0.1) is 11.6 Å². The van der Waals surface area contributed by atoms with Crippen molar-refractivity contribution in [1.29, 1.82) is 0 Å². The SMILES string of the molecule is CCOc1ccccc1C(=O)NC1CCCCCC1Cl. The van der Waals surface area contributed by atoms with E-state index in [-0.39, 0.29) is 17.3 Å². The molecule has 1 amide bonds. The summed E-state index contributed by atoms with van der Waals surface area (Å²) in [4.78, 5) is 12.4. The second-order valence-corrected chi connectivity index (χ2v) is 5.72. The van der Waals surface area contributed by atoms with Crippen molar-refractivity contribution in [3.63, 3.8) is 0 Å². The number of benzene rings is 1. The van der Waals surface area contributed by atoms with Gasteiger partial charge < -0.3 is 10.1 Å². The van der Waals surface area contributed by atoms with Gasteiger partial charge in [0.25, 0.3) is 5.91 Å². The number of halogens is 1. The molecule has 3 nitrogen and oxygen atoms in total. The van der Waals surface area contributed by atoms with Gasteiger partial charge in [-0.3, -0.25) is 4.79 Å². The third-order valence-corrected chi connectivity index (χ3v) is 4.20. The first-order valence-electron chi connectivity index (χ1n) is 7.39. The van der Waals surface area contributed by atoms with E-state index in [1.807, 2.05) is 25.1 Å². The average Bonchev–Trinajstić information content (AvgIpc) is 2.65. The summed E-state index contributed by atoms with van der Waals surface area (Å²) in [5, 5.41) is 3.10. The molecule has 0 radical (unpaired) electrons. The topological polar surface area (TPSA) is 38.3 Å². The summed E-state index contributed by atoms with van der Waals surface area (Å²) >= 11 is 6.37. The van der Waals surface area contributed by atoms with E-state index in [1.54, 1.807) is 6.07 Å². The van der Waals surface area contributed by atoms with Crippen molar-refractivity contribution in [2.24, 2.45) is 0 Å². The van der Waals surface area contributed by atoms with Gasteiger partial charge in [-0.25, -0.2) is 0 Å². The summed E-state index contributed by atoms with van der Waals surface area (Å²) in [6, 6.07) is 7.39. The summed E-state index contributed by atoms with van der Waals surface area (Å²) in [6.45, 7) is 2.46. The van der Waals surface area contributed by atoms with Gasteiger partial charge in [-0.1, -0.05) is 31.4 Å². The van der Waals surface area contributed by atoms with E-state index >= 15 is 0 Å². The van der Waals surface area contributed by atoms with Gasteiger partial charge in [0.05, 0.1) is 17.5 Å². The van der Waals surface area contributed by atoms with Crippen LogP contribution < -0.4 is 10.1 Å². The average molecular weight is 296 g/mol. The molecular weight excluding hydrogens is 274 g/mol. The molecule has 0 aliphatic heterocycles. The van der Waals surface area contributed by atoms with Crippen LogP contribution in [0.15, 0.2) is 24.3 Å². The Morgan fingerprint density at radius 1 is 1.30 bits per heavy atom. The van der Waals surface area contributed by atoms with E-state index in [0.29, 0.717) is 17.9 Å². The van der Waals surface area contributed by atoms with Gasteiger partial charge in [0, 0.05) is 6.04 Å². The van der Waals surface area contributed by atoms with Crippen molar-refractivity contribution in [1.82, 2.24) is 5.32 Å². The monoisotopic (exact) mass is 295 g/mol. The number of carbonyl (C=O) groups is 1. The van der Waals surface area contributed by atoms with Crippen molar-refractivity contribution < 1.29 is 9.53 Å². The maximum Gasteiger partial charge on any atom is 0.255 e. The molecule has 0 bridgehead atoms. The van der Waals surface area contributed by atoms with Gasteiger partial charge in [0.15, 0.2) is 0 Å². The molecular formula is C16H22ClNO2. The lowest BCUT2D eigenvalue weighted by molar-refractivity contribution is 0.0930. The first-order valence-corrected chi connectivity index (χ1v) is 7.82. The van der Waals surface area contributed by atoms with Crippen molar-refractivity contribution in [2.45, 2.75) is 50.4 Å². The highest BCUT2D eigenvalue weighted by atomic mass is 35.5. The Morgan fingerprint density at radius 3 is 2.85 bits per heavy atom. The molecule has 1 aromatic carbocycles. The molecule has 1 fully saturated rings. The van der Waals surface area contributed by atoms with Gasteiger partial charge in [0.2, 0.25) is 0 Å². The van der Waals surface area contributed by atoms with Crippen LogP contribution in [0.2, 0.25) is 0 Å². The zero-order valence-corrected chi connectivity index (χ0v) is 12.7. The van der Waals surface area contributed by atoms with Gasteiger partial charge in [-0.05, 0) is 31.9 Å². The standard InChI is InChI=1S/C16H22ClNO2/c1-2-20-15-11-7-6-8-12(15)16(19)18-14-10-5-3-4-9-13(14)17/h6-8,11,13-14H,2-5,9-10H2,1H3,(H,18,19). The number of rotatable bonds is 4. The van der Waals surface area contributed by atoms with Gasteiger partial charge in [0.1, 0.15) is 5.75 Å². The molecule has 1 aliphatic rings. The molecule has 1 N–H and O–H groups in total. The molecule has 1 aliphatic carbocycles. The second kappa shape index (κ2) is 7.53. The molecule has 1 aromatic rings. The van der Waals surface area contributed by atoms with Crippen LogP contribution in [0.25, 0.3) is 0 Å². The van der Waals surface area contributed by atoms with Crippen LogP contribution in [-0.4, -0.2) is 23.9 Å². The van der Waals surface area contributed by atoms with Crippen LogP contribution in [0.1, 0.15) is 49.4 Å². The van der Waals surface area contributed by atoms with E-state index in [4.69, 9.17) is 16.3 Å². The molecule has 0 saturated heterocycles. The fourth-order valence-corrected chi connectivity index (χ4v) is 2.95. The molecule has 2 atom stereocenters. The lowest BCUT2D eigenvalue weighted by Crippen LogP contribution is -2.40. The molecule has 110 valence electrons. The number of para-hydroxylation sites is 1. The Hall–Kier alpha value is -1.22. The van der Waals surface area contributed by atoms with E-state index < -0.39 is 0 Å². The summed E-state index contributed by atoms with van der Waals surface area (Å²) in [5.74, 6) is 0.541. The van der Waals surface area contributed by atoms with Crippen LogP contribution in [0, 0.1) is 0 Å². The van der Waals surface area contributed by atoms with E-state index in [2.05, 4.69) is 5.32 Å². The Balaban J connectivity index is 2.07. The minimum atomic E-state index is -0.0911. The Morgan fingerprint density at radius 2 is 2.05 bits per heavy atom. The van der Waals surface area contributed by atoms with Crippen molar-refractivity contribution in [2.75, 3.05) is 6.61 Å². The summed E-state index contributed by atoms with van der Waals surface area (Å²) < 4.78 is 5.51. The maximum absolute atomic E-state index is 12.4. The Labute approximate surface area is 125 Å². The highest BCUT2D eigenvalue weighted by molar-refractivity contribution is 6.21. The number of carbonyl (C=O) groups excluding carboxylic acids is 1. The normalized spacial score (nSPS) is 22.9. The van der Waals surface area contributed by atoms with Crippen LogP contribution in [-0.2, 0) is 0 Å². The largest absolute Gasteiger partial charge is 0.493 e. The van der Waals surface area contributed by atoms with Crippen LogP contribution in [0.3, 0.4) is 0 Å². The molecule has 0 spiro atoms. The highest BCUT2D eigenvalue weighted by Crippen LogP contribution is 2.24. The predicted octanol–water partition coefficient (Wildman–Crippen LogP) is 3.76. The maximum atomic E-state index is 12.4. The van der Waals surface area contributed by atoms with E-state index in [0.717, 1.165) is 25.7 Å². The van der Waals surface area contributed by atoms with Crippen molar-refractivity contribution in [3.05, 3.63) is 29.8 Å². The molecule has 4 heteroatoms. The second-order valence-electron chi connectivity index (χ2n) is 5.16. The number of alkyl halides is 1. The molecule has 2 rings (SSSR count). The number of hydrogen-bond donors (Lipinski definition) is 1. The summed E-state index contributed by atoms with van der Waals surface area (Å²) in [7, 11) is 0. The number of nitrogens with one attached hydrogen (secondary N) is 1. The van der Waals surface area contributed by atoms with Crippen molar-refractivity contribution in [3.8, 4) is 5.75 Å². The van der Waals surface area contributed by atoms with Crippen LogP contribution in [0.5, 0.6) is 5.75 Å². The molecule has 0 heterocycles. The zero-order valence-electron chi connectivity index (χ0n) is 11.9. The quantitative estimate of drug-likeness (QED) is 0.678. The zero-order chi connectivity index (χ0) is 14.4. The molecule has 20 heavy (non-hydrogen) atoms. The fourth-order valence-electron chi connectivity index (χ4n) is 2.61. The Bertz CT molecular complexity index is 450. The van der Waals surface area contributed by atoms with Crippen molar-refractivity contribution >= 4 is 17.5 Å². The lowest BCUT2D eigenvalue weighted by Gasteiger charge is -2.21.